The van der Waals surface area contributed by atoms with E-state index in [0.717, 1.165) is 31.4 Å². The standard InChI is InChI=1S/C15H10F4O2/c1-21-14(20)5-9-4-12(18)7-13(15(9)19)8-2-10(16)6-11(17)3-8/h2-4,6-7H,5H2,1H3. The second-order valence-corrected chi connectivity index (χ2v) is 4.34. The molecule has 0 bridgehead atoms. The highest BCUT2D eigenvalue weighted by Crippen LogP contribution is 2.28. The summed E-state index contributed by atoms with van der Waals surface area (Å²) in [5.41, 5.74) is -0.732. The van der Waals surface area contributed by atoms with E-state index in [1.54, 1.807) is 0 Å². The summed E-state index contributed by atoms with van der Waals surface area (Å²) < 4.78 is 58.6. The average molecular weight is 298 g/mol. The Morgan fingerprint density at radius 1 is 0.952 bits per heavy atom. The van der Waals surface area contributed by atoms with Gasteiger partial charge in [0.25, 0.3) is 0 Å². The molecule has 110 valence electrons. The van der Waals surface area contributed by atoms with E-state index in [2.05, 4.69) is 4.74 Å². The van der Waals surface area contributed by atoms with E-state index in [1.807, 2.05) is 0 Å². The van der Waals surface area contributed by atoms with Gasteiger partial charge in [-0.3, -0.25) is 4.79 Å². The summed E-state index contributed by atoms with van der Waals surface area (Å²) in [7, 11) is 1.11. The number of carbonyl (C=O) groups excluding carboxylic acids is 1. The van der Waals surface area contributed by atoms with Gasteiger partial charge < -0.3 is 4.74 Å². The van der Waals surface area contributed by atoms with E-state index in [0.29, 0.717) is 6.07 Å². The van der Waals surface area contributed by atoms with E-state index >= 15 is 0 Å². The molecule has 0 saturated carbocycles. The van der Waals surface area contributed by atoms with Crippen LogP contribution in [-0.4, -0.2) is 13.1 Å². The zero-order valence-electron chi connectivity index (χ0n) is 10.9. The molecule has 21 heavy (non-hydrogen) atoms. The van der Waals surface area contributed by atoms with Crippen LogP contribution < -0.4 is 0 Å². The summed E-state index contributed by atoms with van der Waals surface area (Å²) in [6.45, 7) is 0. The molecule has 0 aliphatic carbocycles. The minimum atomic E-state index is -0.924. The molecule has 0 aliphatic heterocycles. The van der Waals surface area contributed by atoms with Crippen LogP contribution in [0.25, 0.3) is 11.1 Å². The van der Waals surface area contributed by atoms with Gasteiger partial charge in [0.05, 0.1) is 13.5 Å². The maximum Gasteiger partial charge on any atom is 0.310 e. The van der Waals surface area contributed by atoms with Crippen molar-refractivity contribution in [3.8, 4) is 11.1 Å². The van der Waals surface area contributed by atoms with Gasteiger partial charge in [-0.05, 0) is 29.8 Å². The Kier molecular flexibility index (Phi) is 4.26. The van der Waals surface area contributed by atoms with Gasteiger partial charge in [0.15, 0.2) is 0 Å². The fourth-order valence-electron chi connectivity index (χ4n) is 1.92. The highest BCUT2D eigenvalue weighted by Gasteiger charge is 2.16. The molecule has 0 N–H and O–H groups in total. The van der Waals surface area contributed by atoms with E-state index in [9.17, 15) is 22.4 Å². The molecule has 2 rings (SSSR count). The molecule has 0 fully saturated rings. The Morgan fingerprint density at radius 3 is 2.10 bits per heavy atom. The van der Waals surface area contributed by atoms with Gasteiger partial charge >= 0.3 is 5.97 Å². The topological polar surface area (TPSA) is 26.3 Å². The van der Waals surface area contributed by atoms with Crippen LogP contribution >= 0.6 is 0 Å². The van der Waals surface area contributed by atoms with Gasteiger partial charge in [-0.2, -0.15) is 0 Å². The third-order valence-corrected chi connectivity index (χ3v) is 2.85. The molecular weight excluding hydrogens is 288 g/mol. The Bertz CT molecular complexity index is 678. The number of rotatable bonds is 3. The molecule has 0 aromatic heterocycles. The summed E-state index contributed by atoms with van der Waals surface area (Å²) in [4.78, 5) is 11.2. The van der Waals surface area contributed by atoms with Crippen LogP contribution in [0.2, 0.25) is 0 Å². The lowest BCUT2D eigenvalue weighted by molar-refractivity contribution is -0.139. The molecule has 0 amide bonds. The van der Waals surface area contributed by atoms with E-state index in [-0.39, 0.29) is 16.7 Å². The monoisotopic (exact) mass is 298 g/mol. The zero-order chi connectivity index (χ0) is 15.6. The number of benzene rings is 2. The van der Waals surface area contributed by atoms with Crippen molar-refractivity contribution in [2.45, 2.75) is 6.42 Å². The highest BCUT2D eigenvalue weighted by molar-refractivity contribution is 5.74. The van der Waals surface area contributed by atoms with Crippen molar-refractivity contribution in [2.24, 2.45) is 0 Å². The number of halogens is 4. The SMILES string of the molecule is COC(=O)Cc1cc(F)cc(-c2cc(F)cc(F)c2)c1F. The van der Waals surface area contributed by atoms with E-state index in [1.165, 1.54) is 0 Å². The molecular formula is C15H10F4O2. The minimum Gasteiger partial charge on any atom is -0.469 e. The number of ether oxygens (including phenoxy) is 1. The molecule has 0 atom stereocenters. The van der Waals surface area contributed by atoms with Gasteiger partial charge in [0.1, 0.15) is 23.3 Å². The lowest BCUT2D eigenvalue weighted by atomic mass is 10.00. The van der Waals surface area contributed by atoms with Crippen molar-refractivity contribution in [3.05, 3.63) is 59.2 Å². The maximum atomic E-state index is 14.3. The largest absolute Gasteiger partial charge is 0.469 e. The zero-order valence-corrected chi connectivity index (χ0v) is 10.9. The van der Waals surface area contributed by atoms with Gasteiger partial charge in [-0.25, -0.2) is 17.6 Å². The Hall–Kier alpha value is -2.37. The van der Waals surface area contributed by atoms with Crippen molar-refractivity contribution >= 4 is 5.97 Å². The molecule has 2 aromatic rings. The first kappa shape index (κ1) is 15.0. The van der Waals surface area contributed by atoms with Gasteiger partial charge in [-0.15, -0.1) is 0 Å². The minimum absolute atomic E-state index is 0.157. The summed E-state index contributed by atoms with van der Waals surface area (Å²) in [5, 5.41) is 0. The molecule has 6 heteroatoms. The van der Waals surface area contributed by atoms with Crippen LogP contribution in [0, 0.1) is 23.3 Å². The molecule has 0 heterocycles. The number of methoxy groups -OCH3 is 1. The highest BCUT2D eigenvalue weighted by atomic mass is 19.1. The summed E-state index contributed by atoms with van der Waals surface area (Å²) in [6.07, 6.45) is -0.481. The third kappa shape index (κ3) is 3.39. The molecule has 0 saturated heterocycles. The Labute approximate surface area is 118 Å². The molecule has 0 spiro atoms. The van der Waals surface area contributed by atoms with Crippen LogP contribution in [0.15, 0.2) is 30.3 Å². The summed E-state index contributed by atoms with van der Waals surface area (Å²) in [6, 6.07) is 4.03. The van der Waals surface area contributed by atoms with Gasteiger partial charge in [-0.1, -0.05) is 0 Å². The fraction of sp³-hybridized carbons (Fsp3) is 0.133. The van der Waals surface area contributed by atoms with E-state index < -0.39 is 35.7 Å². The van der Waals surface area contributed by atoms with Crippen molar-refractivity contribution < 1.29 is 27.1 Å². The summed E-state index contributed by atoms with van der Waals surface area (Å²) in [5.74, 6) is -4.33. The predicted octanol–water partition coefficient (Wildman–Crippen LogP) is 3.63. The van der Waals surface area contributed by atoms with Crippen molar-refractivity contribution in [1.82, 2.24) is 0 Å². The first-order valence-corrected chi connectivity index (χ1v) is 5.92. The van der Waals surface area contributed by atoms with Gasteiger partial charge in [0, 0.05) is 17.2 Å². The van der Waals surface area contributed by atoms with E-state index in [4.69, 9.17) is 0 Å². The number of carbonyl (C=O) groups is 1. The van der Waals surface area contributed by atoms with Crippen LogP contribution in [0.4, 0.5) is 17.6 Å². The molecule has 0 radical (unpaired) electrons. The van der Waals surface area contributed by atoms with Crippen LogP contribution in [0.3, 0.4) is 0 Å². The number of esters is 1. The third-order valence-electron chi connectivity index (χ3n) is 2.85. The Balaban J connectivity index is 2.55. The first-order valence-electron chi connectivity index (χ1n) is 5.92. The quantitative estimate of drug-likeness (QED) is 0.639. The second kappa shape index (κ2) is 5.95. The normalized spacial score (nSPS) is 10.5. The molecule has 0 aliphatic rings. The molecule has 2 nitrogen and oxygen atoms in total. The Morgan fingerprint density at radius 2 is 1.52 bits per heavy atom. The molecule has 2 aromatic carbocycles. The van der Waals surface area contributed by atoms with Crippen molar-refractivity contribution in [3.63, 3.8) is 0 Å². The molecule has 0 unspecified atom stereocenters. The summed E-state index contributed by atoms with van der Waals surface area (Å²) >= 11 is 0. The van der Waals surface area contributed by atoms with Crippen molar-refractivity contribution in [2.75, 3.05) is 7.11 Å². The number of hydrogen-bond acceptors (Lipinski definition) is 2. The smallest absolute Gasteiger partial charge is 0.310 e. The average Bonchev–Trinajstić information content (AvgIpc) is 2.41. The van der Waals surface area contributed by atoms with Crippen LogP contribution in [0.1, 0.15) is 5.56 Å². The predicted molar refractivity (Wildman–Crippen MR) is 67.4 cm³/mol. The lowest BCUT2D eigenvalue weighted by Gasteiger charge is -2.09. The van der Waals surface area contributed by atoms with Gasteiger partial charge in [0.2, 0.25) is 0 Å². The maximum absolute atomic E-state index is 14.3. The van der Waals surface area contributed by atoms with Crippen molar-refractivity contribution in [1.29, 1.82) is 0 Å². The fourth-order valence-corrected chi connectivity index (χ4v) is 1.92. The lowest BCUT2D eigenvalue weighted by Crippen LogP contribution is -2.07. The first-order chi connectivity index (χ1) is 9.90. The van der Waals surface area contributed by atoms with Crippen LogP contribution in [-0.2, 0) is 16.0 Å². The van der Waals surface area contributed by atoms with Crippen LogP contribution in [0.5, 0.6) is 0 Å². The number of hydrogen-bond donors (Lipinski definition) is 0. The second-order valence-electron chi connectivity index (χ2n) is 4.34.